The molecule has 0 aliphatic heterocycles. The molecule has 0 aliphatic carbocycles. The fourth-order valence-corrected chi connectivity index (χ4v) is 7.08. The van der Waals surface area contributed by atoms with Crippen LogP contribution in [0, 0.1) is 0 Å². The molecule has 0 saturated carbocycles. The Morgan fingerprint density at radius 3 is 1.74 bits per heavy atom. The maximum Gasteiger partial charge on any atom is 0.315 e. The molecule has 0 saturated heterocycles. The van der Waals surface area contributed by atoms with Gasteiger partial charge in [0.25, 0.3) is 0 Å². The SMILES string of the molecule is CCCCCCCCOc1ccc2c(c1)c1cc(OC)c(OC)cc1c1c(OC(=O)Cc3ccc(OC)c(OC)c3)cc3cc(OC)c(OC)cc3c21. The van der Waals surface area contributed by atoms with Crippen molar-refractivity contribution in [2.45, 2.75) is 51.9 Å². The molecule has 0 unspecified atom stereocenters. The largest absolute Gasteiger partial charge is 0.494 e. The van der Waals surface area contributed by atoms with Crippen molar-refractivity contribution in [1.29, 1.82) is 0 Å². The number of carbonyl (C=O) groups is 1. The fraction of sp³-hybridized carbons (Fsp3) is 0.341. The third-order valence-corrected chi connectivity index (χ3v) is 9.74. The first kappa shape index (κ1) is 37.2. The van der Waals surface area contributed by atoms with Gasteiger partial charge < -0.3 is 37.9 Å². The number of hydrogen-bond donors (Lipinski definition) is 0. The Morgan fingerprint density at radius 2 is 1.06 bits per heavy atom. The Bertz CT molecular complexity index is 2260. The Hall–Kier alpha value is -5.57. The van der Waals surface area contributed by atoms with E-state index in [0.29, 0.717) is 46.9 Å². The average molecular weight is 721 g/mol. The quantitative estimate of drug-likeness (QED) is 0.0395. The van der Waals surface area contributed by atoms with Crippen LogP contribution in [-0.2, 0) is 11.2 Å². The first-order valence-electron chi connectivity index (χ1n) is 18.1. The molecule has 9 nitrogen and oxygen atoms in total. The molecule has 6 aromatic carbocycles. The molecule has 0 spiro atoms. The second-order valence-corrected chi connectivity index (χ2v) is 13.0. The van der Waals surface area contributed by atoms with Crippen molar-refractivity contribution < 1.29 is 42.7 Å². The van der Waals surface area contributed by atoms with Crippen molar-refractivity contribution in [3.05, 3.63) is 72.3 Å². The molecule has 0 aromatic heterocycles. The summed E-state index contributed by atoms with van der Waals surface area (Å²) in [7, 11) is 9.59. The molecule has 0 bridgehead atoms. The number of unbranched alkanes of at least 4 members (excludes halogenated alkanes) is 5. The second kappa shape index (κ2) is 16.8. The first-order valence-corrected chi connectivity index (χ1v) is 18.1. The number of rotatable bonds is 17. The normalized spacial score (nSPS) is 11.2. The van der Waals surface area contributed by atoms with E-state index in [9.17, 15) is 4.79 Å². The third-order valence-electron chi connectivity index (χ3n) is 9.74. The maximum absolute atomic E-state index is 13.8. The van der Waals surface area contributed by atoms with Gasteiger partial charge in [-0.05, 0) is 98.9 Å². The minimum Gasteiger partial charge on any atom is -0.494 e. The minimum absolute atomic E-state index is 0.00772. The summed E-state index contributed by atoms with van der Waals surface area (Å²) in [5, 5.41) is 6.97. The van der Waals surface area contributed by atoms with Crippen molar-refractivity contribution in [2.75, 3.05) is 49.3 Å². The van der Waals surface area contributed by atoms with Crippen LogP contribution < -0.4 is 37.9 Å². The average Bonchev–Trinajstić information content (AvgIpc) is 3.18. The van der Waals surface area contributed by atoms with E-state index in [4.69, 9.17) is 37.9 Å². The molecule has 0 N–H and O–H groups in total. The molecule has 0 fully saturated rings. The molecule has 0 amide bonds. The van der Waals surface area contributed by atoms with Gasteiger partial charge in [0.1, 0.15) is 11.5 Å². The number of esters is 1. The molecular formula is C44H48O9. The van der Waals surface area contributed by atoms with Crippen LogP contribution in [-0.4, -0.2) is 55.2 Å². The van der Waals surface area contributed by atoms with Gasteiger partial charge in [-0.15, -0.1) is 0 Å². The molecule has 6 aromatic rings. The zero-order chi connectivity index (χ0) is 37.5. The van der Waals surface area contributed by atoms with E-state index in [1.54, 1.807) is 54.8 Å². The van der Waals surface area contributed by atoms with Crippen LogP contribution >= 0.6 is 0 Å². The standard InChI is InChI=1S/C44H48O9/c1-8-9-10-11-12-13-18-52-29-15-16-30-32(23-29)33-25-39(50-6)40(51-7)26-34(33)44-41(22-28-21-37(48-4)38(49-5)24-31(28)43(30)44)53-42(45)20-27-14-17-35(46-2)36(19-27)47-3/h14-17,19,21-26H,8-13,18,20H2,1-7H3. The van der Waals surface area contributed by atoms with Gasteiger partial charge in [-0.3, -0.25) is 4.79 Å². The zero-order valence-corrected chi connectivity index (χ0v) is 31.7. The van der Waals surface area contributed by atoms with Gasteiger partial charge in [-0.25, -0.2) is 0 Å². The highest BCUT2D eigenvalue weighted by atomic mass is 16.5. The monoisotopic (exact) mass is 720 g/mol. The number of methoxy groups -OCH3 is 6. The van der Waals surface area contributed by atoms with Crippen LogP contribution in [0.1, 0.15) is 51.0 Å². The summed E-state index contributed by atoms with van der Waals surface area (Å²) in [4.78, 5) is 13.8. The summed E-state index contributed by atoms with van der Waals surface area (Å²) < 4.78 is 46.6. The summed E-state index contributed by atoms with van der Waals surface area (Å²) >= 11 is 0. The lowest BCUT2D eigenvalue weighted by Gasteiger charge is -2.20. The lowest BCUT2D eigenvalue weighted by Crippen LogP contribution is -2.12. The van der Waals surface area contributed by atoms with Crippen molar-refractivity contribution in [3.8, 4) is 46.0 Å². The smallest absolute Gasteiger partial charge is 0.315 e. The van der Waals surface area contributed by atoms with Crippen LogP contribution in [0.3, 0.4) is 0 Å². The maximum atomic E-state index is 13.8. The highest BCUT2D eigenvalue weighted by Gasteiger charge is 2.22. The van der Waals surface area contributed by atoms with Crippen molar-refractivity contribution >= 4 is 49.1 Å². The van der Waals surface area contributed by atoms with Gasteiger partial charge in [-0.2, -0.15) is 0 Å². The second-order valence-electron chi connectivity index (χ2n) is 13.0. The van der Waals surface area contributed by atoms with Gasteiger partial charge in [0.15, 0.2) is 34.5 Å². The van der Waals surface area contributed by atoms with E-state index in [0.717, 1.165) is 67.2 Å². The number of hydrogen-bond acceptors (Lipinski definition) is 9. The van der Waals surface area contributed by atoms with Gasteiger partial charge in [-0.1, -0.05) is 51.2 Å². The van der Waals surface area contributed by atoms with Crippen LogP contribution in [0.2, 0.25) is 0 Å². The lowest BCUT2D eigenvalue weighted by atomic mass is 9.89. The summed E-state index contributed by atoms with van der Waals surface area (Å²) in [6.45, 7) is 2.87. The molecular weight excluding hydrogens is 672 g/mol. The van der Waals surface area contributed by atoms with Crippen molar-refractivity contribution in [2.24, 2.45) is 0 Å². The predicted molar refractivity (Wildman–Crippen MR) is 210 cm³/mol. The minimum atomic E-state index is -0.439. The predicted octanol–water partition coefficient (Wildman–Crippen LogP) is 10.2. The number of fused-ring (bicyclic) bond motifs is 8. The molecule has 0 heterocycles. The van der Waals surface area contributed by atoms with E-state index in [1.807, 2.05) is 42.5 Å². The van der Waals surface area contributed by atoms with Crippen LogP contribution in [0.25, 0.3) is 43.1 Å². The first-order chi connectivity index (χ1) is 25.9. The van der Waals surface area contributed by atoms with Crippen molar-refractivity contribution in [3.63, 3.8) is 0 Å². The topological polar surface area (TPSA) is 90.9 Å². The number of carbonyl (C=O) groups excluding carboxylic acids is 1. The molecule has 6 rings (SSSR count). The highest BCUT2D eigenvalue weighted by Crippen LogP contribution is 2.49. The summed E-state index contributed by atoms with van der Waals surface area (Å²) in [5.74, 6) is 4.12. The summed E-state index contributed by atoms with van der Waals surface area (Å²) in [6, 6.07) is 21.2. The third kappa shape index (κ3) is 7.65. The molecule has 0 aliphatic rings. The van der Waals surface area contributed by atoms with Gasteiger partial charge in [0.05, 0.1) is 55.7 Å². The molecule has 53 heavy (non-hydrogen) atoms. The zero-order valence-electron chi connectivity index (χ0n) is 31.7. The Morgan fingerprint density at radius 1 is 0.491 bits per heavy atom. The molecule has 0 atom stereocenters. The van der Waals surface area contributed by atoms with E-state index < -0.39 is 5.97 Å². The lowest BCUT2D eigenvalue weighted by molar-refractivity contribution is -0.133. The number of ether oxygens (including phenoxy) is 8. The highest BCUT2D eigenvalue weighted by molar-refractivity contribution is 6.33. The Balaban J connectivity index is 1.56. The Labute approximate surface area is 310 Å². The van der Waals surface area contributed by atoms with E-state index in [-0.39, 0.29) is 6.42 Å². The fourth-order valence-electron chi connectivity index (χ4n) is 7.08. The van der Waals surface area contributed by atoms with Gasteiger partial charge in [0, 0.05) is 10.8 Å². The van der Waals surface area contributed by atoms with Crippen LogP contribution in [0.5, 0.6) is 46.0 Å². The van der Waals surface area contributed by atoms with Gasteiger partial charge >= 0.3 is 5.97 Å². The Kier molecular flexibility index (Phi) is 11.8. The molecule has 278 valence electrons. The van der Waals surface area contributed by atoms with Crippen LogP contribution in [0.15, 0.2) is 66.7 Å². The van der Waals surface area contributed by atoms with E-state index >= 15 is 0 Å². The van der Waals surface area contributed by atoms with E-state index in [1.165, 1.54) is 25.7 Å². The summed E-state index contributed by atoms with van der Waals surface area (Å²) in [5.41, 5.74) is 0.722. The van der Waals surface area contributed by atoms with Crippen molar-refractivity contribution in [1.82, 2.24) is 0 Å². The number of benzene rings is 6. The van der Waals surface area contributed by atoms with E-state index in [2.05, 4.69) is 19.1 Å². The molecule has 0 radical (unpaired) electrons. The summed E-state index contributed by atoms with van der Waals surface area (Å²) in [6.07, 6.45) is 7.12. The van der Waals surface area contributed by atoms with Crippen LogP contribution in [0.4, 0.5) is 0 Å². The van der Waals surface area contributed by atoms with Gasteiger partial charge in [0.2, 0.25) is 0 Å². The molecule has 9 heteroatoms.